The second kappa shape index (κ2) is 4.13. The van der Waals surface area contributed by atoms with Crippen LogP contribution in [0.2, 0.25) is 0 Å². The number of nitrogens with one attached hydrogen (secondary N) is 2. The molecule has 78 valence electrons. The Hall–Kier alpha value is -1.52. The fraction of sp³-hybridized carbons (Fsp3) is 0.556. The molecule has 1 aromatic rings. The molecule has 0 aliphatic heterocycles. The second-order valence-corrected chi connectivity index (χ2v) is 3.71. The van der Waals surface area contributed by atoms with Crippen LogP contribution in [0.5, 0.6) is 0 Å². The maximum absolute atomic E-state index is 11.6. The van der Waals surface area contributed by atoms with Crippen molar-refractivity contribution in [3.8, 4) is 0 Å². The van der Waals surface area contributed by atoms with Crippen LogP contribution in [-0.2, 0) is 0 Å². The van der Waals surface area contributed by atoms with Gasteiger partial charge in [-0.05, 0) is 12.8 Å². The van der Waals surface area contributed by atoms with Gasteiger partial charge < -0.3 is 11.1 Å². The summed E-state index contributed by atoms with van der Waals surface area (Å²) in [5.74, 6) is 0.185. The van der Waals surface area contributed by atoms with Crippen molar-refractivity contribution < 1.29 is 4.79 Å². The molecule has 1 unspecified atom stereocenters. The number of nitrogen functional groups attached to an aromatic ring is 1. The van der Waals surface area contributed by atoms with E-state index in [2.05, 4.69) is 15.5 Å². The van der Waals surface area contributed by atoms with Gasteiger partial charge in [0.25, 0.3) is 5.91 Å². The lowest BCUT2D eigenvalue weighted by Gasteiger charge is -2.16. The predicted molar refractivity (Wildman–Crippen MR) is 54.8 cm³/mol. The molecule has 1 atom stereocenters. The Bertz CT molecular complexity index is 318. The zero-order valence-electron chi connectivity index (χ0n) is 8.66. The van der Waals surface area contributed by atoms with Crippen LogP contribution in [0.25, 0.3) is 0 Å². The first kappa shape index (κ1) is 10.6. The molecule has 1 heterocycles. The van der Waals surface area contributed by atoms with E-state index in [1.807, 2.05) is 20.8 Å². The van der Waals surface area contributed by atoms with Crippen molar-refractivity contribution in [3.63, 3.8) is 0 Å². The average Bonchev–Trinajstić information content (AvgIpc) is 2.51. The average molecular weight is 196 g/mol. The number of nitrogens with two attached hydrogens (primary N) is 1. The van der Waals surface area contributed by atoms with E-state index in [9.17, 15) is 4.79 Å². The van der Waals surface area contributed by atoms with Gasteiger partial charge in [0.15, 0.2) is 0 Å². The third-order valence-electron chi connectivity index (χ3n) is 2.25. The zero-order valence-corrected chi connectivity index (χ0v) is 8.66. The summed E-state index contributed by atoms with van der Waals surface area (Å²) >= 11 is 0. The van der Waals surface area contributed by atoms with Crippen LogP contribution in [0.3, 0.4) is 0 Å². The molecule has 0 aliphatic rings. The van der Waals surface area contributed by atoms with Crippen LogP contribution in [-0.4, -0.2) is 22.1 Å². The van der Waals surface area contributed by atoms with Crippen molar-refractivity contribution >= 4 is 11.6 Å². The molecule has 4 N–H and O–H groups in total. The number of nitrogens with zero attached hydrogens (tertiary/aromatic N) is 1. The van der Waals surface area contributed by atoms with E-state index in [0.717, 1.165) is 0 Å². The highest BCUT2D eigenvalue weighted by Gasteiger charge is 2.15. The number of aromatic nitrogens is 2. The minimum atomic E-state index is -0.207. The number of H-pyrrole nitrogens is 1. The second-order valence-electron chi connectivity index (χ2n) is 3.71. The summed E-state index contributed by atoms with van der Waals surface area (Å²) in [7, 11) is 0. The SMILES string of the molecule is CC(C)C(C)NC(=O)c1[nH]ncc1N. The molecule has 0 bridgehead atoms. The molecule has 14 heavy (non-hydrogen) atoms. The summed E-state index contributed by atoms with van der Waals surface area (Å²) in [6.45, 7) is 6.04. The van der Waals surface area contributed by atoms with Crippen LogP contribution in [0.4, 0.5) is 5.69 Å². The molecule has 5 nitrogen and oxygen atoms in total. The number of amides is 1. The maximum Gasteiger partial charge on any atom is 0.271 e. The fourth-order valence-electron chi connectivity index (χ4n) is 0.923. The molecule has 0 fully saturated rings. The summed E-state index contributed by atoms with van der Waals surface area (Å²) < 4.78 is 0. The third-order valence-corrected chi connectivity index (χ3v) is 2.25. The standard InChI is InChI=1S/C9H16N4O/c1-5(2)6(3)12-9(14)8-7(10)4-11-13-8/h4-6H,10H2,1-3H3,(H,11,13)(H,12,14). The Balaban J connectivity index is 2.64. The Morgan fingerprint density at radius 1 is 1.57 bits per heavy atom. The van der Waals surface area contributed by atoms with Crippen molar-refractivity contribution in [1.29, 1.82) is 0 Å². The van der Waals surface area contributed by atoms with Gasteiger partial charge in [-0.15, -0.1) is 0 Å². The smallest absolute Gasteiger partial charge is 0.271 e. The van der Waals surface area contributed by atoms with Gasteiger partial charge in [-0.25, -0.2) is 0 Å². The molecule has 1 aromatic heterocycles. The molecule has 5 heteroatoms. The number of hydrogen-bond acceptors (Lipinski definition) is 3. The summed E-state index contributed by atoms with van der Waals surface area (Å²) in [6.07, 6.45) is 1.43. The first-order valence-corrected chi connectivity index (χ1v) is 4.62. The van der Waals surface area contributed by atoms with Crippen LogP contribution >= 0.6 is 0 Å². The Morgan fingerprint density at radius 2 is 2.21 bits per heavy atom. The molecule has 0 spiro atoms. The highest BCUT2D eigenvalue weighted by atomic mass is 16.2. The van der Waals surface area contributed by atoms with Gasteiger partial charge >= 0.3 is 0 Å². The number of aromatic amines is 1. The monoisotopic (exact) mass is 196 g/mol. The Kier molecular flexibility index (Phi) is 3.11. The van der Waals surface area contributed by atoms with E-state index in [1.54, 1.807) is 0 Å². The van der Waals surface area contributed by atoms with E-state index >= 15 is 0 Å². The van der Waals surface area contributed by atoms with E-state index in [1.165, 1.54) is 6.20 Å². The number of hydrogen-bond donors (Lipinski definition) is 3. The van der Waals surface area contributed by atoms with E-state index in [-0.39, 0.29) is 11.9 Å². The number of carbonyl (C=O) groups excluding carboxylic acids is 1. The molecular weight excluding hydrogens is 180 g/mol. The molecular formula is C9H16N4O. The number of anilines is 1. The van der Waals surface area contributed by atoms with E-state index in [4.69, 9.17) is 5.73 Å². The predicted octanol–water partition coefficient (Wildman–Crippen LogP) is 0.766. The summed E-state index contributed by atoms with van der Waals surface area (Å²) in [5.41, 5.74) is 6.24. The fourth-order valence-corrected chi connectivity index (χ4v) is 0.923. The van der Waals surface area contributed by atoms with Gasteiger partial charge in [0, 0.05) is 6.04 Å². The maximum atomic E-state index is 11.6. The summed E-state index contributed by atoms with van der Waals surface area (Å²) in [4.78, 5) is 11.6. The Morgan fingerprint density at radius 3 is 2.64 bits per heavy atom. The molecule has 0 saturated heterocycles. The quantitative estimate of drug-likeness (QED) is 0.667. The number of rotatable bonds is 3. The van der Waals surface area contributed by atoms with Crippen molar-refractivity contribution in [2.24, 2.45) is 5.92 Å². The highest BCUT2D eigenvalue weighted by Crippen LogP contribution is 2.07. The van der Waals surface area contributed by atoms with Gasteiger partial charge in [0.2, 0.25) is 0 Å². The lowest BCUT2D eigenvalue weighted by Crippen LogP contribution is -2.36. The van der Waals surface area contributed by atoms with Crippen molar-refractivity contribution in [2.75, 3.05) is 5.73 Å². The summed E-state index contributed by atoms with van der Waals surface area (Å²) in [5, 5.41) is 9.08. The first-order chi connectivity index (χ1) is 6.52. The molecule has 0 aliphatic carbocycles. The molecule has 1 amide bonds. The van der Waals surface area contributed by atoms with Crippen LogP contribution in [0.15, 0.2) is 6.20 Å². The number of carbonyl (C=O) groups is 1. The topological polar surface area (TPSA) is 83.8 Å². The lowest BCUT2D eigenvalue weighted by atomic mass is 10.1. The third kappa shape index (κ3) is 2.25. The lowest BCUT2D eigenvalue weighted by molar-refractivity contribution is 0.0926. The van der Waals surface area contributed by atoms with E-state index < -0.39 is 0 Å². The van der Waals surface area contributed by atoms with Crippen molar-refractivity contribution in [3.05, 3.63) is 11.9 Å². The van der Waals surface area contributed by atoms with Gasteiger partial charge in [0.05, 0.1) is 11.9 Å². The largest absolute Gasteiger partial charge is 0.396 e. The van der Waals surface area contributed by atoms with E-state index in [0.29, 0.717) is 17.3 Å². The van der Waals surface area contributed by atoms with Gasteiger partial charge in [-0.2, -0.15) is 5.10 Å². The normalized spacial score (nSPS) is 12.9. The minimum absolute atomic E-state index is 0.116. The first-order valence-electron chi connectivity index (χ1n) is 4.62. The molecule has 1 rings (SSSR count). The molecule has 0 saturated carbocycles. The van der Waals surface area contributed by atoms with Crippen molar-refractivity contribution in [1.82, 2.24) is 15.5 Å². The van der Waals surface area contributed by atoms with Gasteiger partial charge in [0.1, 0.15) is 5.69 Å². The molecule has 0 aromatic carbocycles. The van der Waals surface area contributed by atoms with Crippen molar-refractivity contribution in [2.45, 2.75) is 26.8 Å². The minimum Gasteiger partial charge on any atom is -0.396 e. The van der Waals surface area contributed by atoms with Crippen LogP contribution in [0, 0.1) is 5.92 Å². The summed E-state index contributed by atoms with van der Waals surface area (Å²) in [6, 6.07) is 0.116. The zero-order chi connectivity index (χ0) is 10.7. The van der Waals surface area contributed by atoms with Crippen LogP contribution in [0.1, 0.15) is 31.3 Å². The van der Waals surface area contributed by atoms with Gasteiger partial charge in [-0.1, -0.05) is 13.8 Å². The highest BCUT2D eigenvalue weighted by molar-refractivity contribution is 5.97. The van der Waals surface area contributed by atoms with Crippen LogP contribution < -0.4 is 11.1 Å². The van der Waals surface area contributed by atoms with Gasteiger partial charge in [-0.3, -0.25) is 9.89 Å². The molecule has 0 radical (unpaired) electrons. The Labute approximate surface area is 83.1 Å².